The molecular formula is C20H21N5OS2. The van der Waals surface area contributed by atoms with Crippen LogP contribution in [0.4, 0.5) is 0 Å². The van der Waals surface area contributed by atoms with Crippen molar-refractivity contribution in [1.29, 1.82) is 5.26 Å². The van der Waals surface area contributed by atoms with Gasteiger partial charge in [0.15, 0.2) is 5.16 Å². The normalized spacial score (nSPS) is 10.5. The molecule has 0 fully saturated rings. The van der Waals surface area contributed by atoms with Crippen molar-refractivity contribution in [1.82, 2.24) is 20.1 Å². The number of carbonyl (C=O) groups is 1. The minimum absolute atomic E-state index is 0.0994. The molecule has 3 rings (SSSR count). The van der Waals surface area contributed by atoms with Crippen LogP contribution in [0.2, 0.25) is 0 Å². The van der Waals surface area contributed by atoms with Crippen LogP contribution in [-0.2, 0) is 24.2 Å². The molecule has 28 heavy (non-hydrogen) atoms. The molecule has 0 unspecified atom stereocenters. The first-order valence-corrected chi connectivity index (χ1v) is 10.9. The van der Waals surface area contributed by atoms with Crippen LogP contribution in [0.5, 0.6) is 0 Å². The Labute approximate surface area is 172 Å². The summed E-state index contributed by atoms with van der Waals surface area (Å²) in [4.78, 5) is 13.2. The van der Waals surface area contributed by atoms with Gasteiger partial charge in [0.05, 0.1) is 18.2 Å². The van der Waals surface area contributed by atoms with E-state index in [-0.39, 0.29) is 11.7 Å². The summed E-state index contributed by atoms with van der Waals surface area (Å²) in [5.41, 5.74) is 1.25. The van der Waals surface area contributed by atoms with Crippen LogP contribution in [0, 0.1) is 11.3 Å². The lowest BCUT2D eigenvalue weighted by molar-refractivity contribution is -0.118. The number of carbonyl (C=O) groups excluding carboxylic acids is 1. The Morgan fingerprint density at radius 3 is 2.82 bits per heavy atom. The summed E-state index contributed by atoms with van der Waals surface area (Å²) in [6, 6.07) is 16.4. The first kappa shape index (κ1) is 20.1. The lowest BCUT2D eigenvalue weighted by atomic mass is 10.1. The molecule has 144 valence electrons. The first-order chi connectivity index (χ1) is 13.8. The lowest BCUT2D eigenvalue weighted by Crippen LogP contribution is -2.26. The molecule has 1 aromatic carbocycles. The van der Waals surface area contributed by atoms with E-state index in [1.165, 1.54) is 22.2 Å². The molecule has 0 spiro atoms. The van der Waals surface area contributed by atoms with E-state index in [1.54, 1.807) is 11.3 Å². The van der Waals surface area contributed by atoms with Gasteiger partial charge in [0.1, 0.15) is 5.82 Å². The van der Waals surface area contributed by atoms with Gasteiger partial charge in [0, 0.05) is 24.4 Å². The summed E-state index contributed by atoms with van der Waals surface area (Å²) in [6.45, 7) is 1.14. The quantitative estimate of drug-likeness (QED) is 0.409. The monoisotopic (exact) mass is 411 g/mol. The number of thiophene rings is 1. The number of aromatic nitrogens is 3. The van der Waals surface area contributed by atoms with Gasteiger partial charge in [-0.1, -0.05) is 48.2 Å². The summed E-state index contributed by atoms with van der Waals surface area (Å²) in [5.74, 6) is 1.07. The predicted octanol–water partition coefficient (Wildman–Crippen LogP) is 3.30. The molecule has 6 nitrogen and oxygen atoms in total. The van der Waals surface area contributed by atoms with E-state index in [2.05, 4.69) is 43.7 Å². The van der Waals surface area contributed by atoms with Gasteiger partial charge in [-0.3, -0.25) is 4.79 Å². The zero-order valence-electron chi connectivity index (χ0n) is 15.4. The van der Waals surface area contributed by atoms with Crippen molar-refractivity contribution in [2.24, 2.45) is 0 Å². The summed E-state index contributed by atoms with van der Waals surface area (Å²) in [5, 5.41) is 22.8. The highest BCUT2D eigenvalue weighted by molar-refractivity contribution is 7.99. The van der Waals surface area contributed by atoms with Gasteiger partial charge in [0.2, 0.25) is 5.91 Å². The molecule has 2 heterocycles. The molecule has 1 amide bonds. The molecule has 0 aliphatic heterocycles. The van der Waals surface area contributed by atoms with Gasteiger partial charge in [0.25, 0.3) is 0 Å². The average Bonchev–Trinajstić information content (AvgIpc) is 3.36. The Bertz CT molecular complexity index is 916. The van der Waals surface area contributed by atoms with Crippen LogP contribution in [-0.4, -0.2) is 33.0 Å². The number of amides is 1. The second-order valence-electron chi connectivity index (χ2n) is 6.09. The Morgan fingerprint density at radius 2 is 2.07 bits per heavy atom. The highest BCUT2D eigenvalue weighted by atomic mass is 32.2. The van der Waals surface area contributed by atoms with Crippen molar-refractivity contribution in [2.45, 2.75) is 31.0 Å². The molecule has 0 bridgehead atoms. The molecular weight excluding hydrogens is 390 g/mol. The SMILES string of the molecule is N#CCCNC(=O)CSc1nnc(Cc2cccs2)n1CCc1ccccc1. The molecule has 0 aliphatic rings. The summed E-state index contributed by atoms with van der Waals surface area (Å²) >= 11 is 3.08. The fourth-order valence-corrected chi connectivity index (χ4v) is 4.19. The number of hydrogen-bond donors (Lipinski definition) is 1. The second kappa shape index (κ2) is 10.6. The van der Waals surface area contributed by atoms with Gasteiger partial charge >= 0.3 is 0 Å². The van der Waals surface area contributed by atoms with Gasteiger partial charge < -0.3 is 9.88 Å². The molecule has 0 radical (unpaired) electrons. The Balaban J connectivity index is 1.68. The molecule has 0 aliphatic carbocycles. The number of rotatable bonds is 10. The van der Waals surface area contributed by atoms with E-state index >= 15 is 0 Å². The number of nitrogens with zero attached hydrogens (tertiary/aromatic N) is 4. The molecule has 8 heteroatoms. The first-order valence-electron chi connectivity index (χ1n) is 9.01. The largest absolute Gasteiger partial charge is 0.354 e. The maximum Gasteiger partial charge on any atom is 0.230 e. The van der Waals surface area contributed by atoms with Crippen LogP contribution in [0.15, 0.2) is 53.0 Å². The number of aryl methyl sites for hydroxylation is 1. The molecule has 0 atom stereocenters. The van der Waals surface area contributed by atoms with Crippen molar-refractivity contribution < 1.29 is 4.79 Å². The van der Waals surface area contributed by atoms with Gasteiger partial charge in [-0.25, -0.2) is 0 Å². The molecule has 3 aromatic rings. The number of hydrogen-bond acceptors (Lipinski definition) is 6. The lowest BCUT2D eigenvalue weighted by Gasteiger charge is -2.10. The van der Waals surface area contributed by atoms with E-state index in [0.29, 0.717) is 13.0 Å². The van der Waals surface area contributed by atoms with Crippen LogP contribution >= 0.6 is 23.1 Å². The van der Waals surface area contributed by atoms with Crippen molar-refractivity contribution in [3.63, 3.8) is 0 Å². The minimum Gasteiger partial charge on any atom is -0.354 e. The highest BCUT2D eigenvalue weighted by Crippen LogP contribution is 2.21. The van der Waals surface area contributed by atoms with Crippen molar-refractivity contribution in [3.05, 3.63) is 64.1 Å². The third-order valence-electron chi connectivity index (χ3n) is 4.06. The minimum atomic E-state index is -0.0994. The van der Waals surface area contributed by atoms with Crippen molar-refractivity contribution in [2.75, 3.05) is 12.3 Å². The Morgan fingerprint density at radius 1 is 1.21 bits per heavy atom. The maximum atomic E-state index is 11.9. The smallest absolute Gasteiger partial charge is 0.230 e. The van der Waals surface area contributed by atoms with E-state index in [0.717, 1.165) is 30.4 Å². The Hall–Kier alpha value is -2.63. The molecule has 2 aromatic heterocycles. The predicted molar refractivity (Wildman–Crippen MR) is 111 cm³/mol. The van der Waals surface area contributed by atoms with Crippen LogP contribution in [0.1, 0.15) is 22.7 Å². The number of nitrogens with one attached hydrogen (secondary N) is 1. The number of nitriles is 1. The topological polar surface area (TPSA) is 83.6 Å². The van der Waals surface area contributed by atoms with Gasteiger partial charge in [-0.05, 0) is 23.4 Å². The van der Waals surface area contributed by atoms with Crippen LogP contribution in [0.3, 0.4) is 0 Å². The van der Waals surface area contributed by atoms with Gasteiger partial charge in [-0.2, -0.15) is 5.26 Å². The summed E-state index contributed by atoms with van der Waals surface area (Å²) in [7, 11) is 0. The molecule has 0 saturated heterocycles. The zero-order chi connectivity index (χ0) is 19.6. The maximum absolute atomic E-state index is 11.9. The number of benzene rings is 1. The van der Waals surface area contributed by atoms with Gasteiger partial charge in [-0.15, -0.1) is 21.5 Å². The van der Waals surface area contributed by atoms with Crippen LogP contribution < -0.4 is 5.32 Å². The standard InChI is InChI=1S/C20H21N5OS2/c21-10-5-11-22-19(26)15-28-20-24-23-18(14-17-8-4-13-27-17)25(20)12-9-16-6-2-1-3-7-16/h1-4,6-8,13H,5,9,11-12,14-15H2,(H,22,26). The van der Waals surface area contributed by atoms with E-state index in [1.807, 2.05) is 30.3 Å². The zero-order valence-corrected chi connectivity index (χ0v) is 17.0. The van der Waals surface area contributed by atoms with Crippen LogP contribution in [0.25, 0.3) is 0 Å². The van der Waals surface area contributed by atoms with E-state index < -0.39 is 0 Å². The van der Waals surface area contributed by atoms with Crippen molar-refractivity contribution >= 4 is 29.0 Å². The molecule has 0 saturated carbocycles. The third kappa shape index (κ3) is 5.94. The van der Waals surface area contributed by atoms with Crippen molar-refractivity contribution in [3.8, 4) is 6.07 Å². The summed E-state index contributed by atoms with van der Waals surface area (Å²) < 4.78 is 2.11. The highest BCUT2D eigenvalue weighted by Gasteiger charge is 2.15. The fourth-order valence-electron chi connectivity index (χ4n) is 2.67. The third-order valence-corrected chi connectivity index (χ3v) is 5.91. The molecule has 1 N–H and O–H groups in total. The van der Waals surface area contributed by atoms with E-state index in [9.17, 15) is 4.79 Å². The van der Waals surface area contributed by atoms with E-state index in [4.69, 9.17) is 5.26 Å². The number of thioether (sulfide) groups is 1. The Kier molecular flexibility index (Phi) is 7.64. The fraction of sp³-hybridized carbons (Fsp3) is 0.300. The summed E-state index contributed by atoms with van der Waals surface area (Å²) in [6.07, 6.45) is 1.92. The average molecular weight is 412 g/mol. The second-order valence-corrected chi connectivity index (χ2v) is 8.06.